The number of carbonyl (C=O) groups excluding carboxylic acids is 1. The molecule has 1 N–H and O–H groups in total. The van der Waals surface area contributed by atoms with E-state index in [0.29, 0.717) is 17.8 Å². The van der Waals surface area contributed by atoms with Gasteiger partial charge in [-0.15, -0.1) is 0 Å². The normalized spacial score (nSPS) is 11.2. The Balaban J connectivity index is 1.92. The summed E-state index contributed by atoms with van der Waals surface area (Å²) in [6.07, 6.45) is 2.55. The fourth-order valence-corrected chi connectivity index (χ4v) is 3.49. The molecule has 0 spiro atoms. The Kier molecular flexibility index (Phi) is 6.74. The number of halogens is 1. The Labute approximate surface area is 153 Å². The number of sulfonamides is 1. The Bertz CT molecular complexity index is 834. The fourth-order valence-electron chi connectivity index (χ4n) is 2.52. The van der Waals surface area contributed by atoms with Crippen molar-refractivity contribution in [3.05, 3.63) is 59.9 Å². The van der Waals surface area contributed by atoms with Crippen LogP contribution in [-0.2, 0) is 21.2 Å². The van der Waals surface area contributed by atoms with Gasteiger partial charge in [-0.1, -0.05) is 19.1 Å². The maximum atomic E-state index is 13.0. The van der Waals surface area contributed by atoms with Gasteiger partial charge < -0.3 is 5.32 Å². The lowest BCUT2D eigenvalue weighted by atomic mass is 10.1. The number of benzene rings is 2. The van der Waals surface area contributed by atoms with Gasteiger partial charge in [-0.2, -0.15) is 0 Å². The molecule has 0 aliphatic rings. The summed E-state index contributed by atoms with van der Waals surface area (Å²) in [5.74, 6) is -0.613. The van der Waals surface area contributed by atoms with Crippen LogP contribution in [0.5, 0.6) is 0 Å². The predicted octanol–water partition coefficient (Wildman–Crippen LogP) is 3.57. The van der Waals surface area contributed by atoms with Crippen molar-refractivity contribution in [2.75, 3.05) is 22.4 Å². The van der Waals surface area contributed by atoms with Crippen LogP contribution in [0.25, 0.3) is 0 Å². The molecule has 0 fully saturated rings. The molecule has 5 nitrogen and oxygen atoms in total. The van der Waals surface area contributed by atoms with Gasteiger partial charge in [0.1, 0.15) is 5.82 Å². The van der Waals surface area contributed by atoms with Gasteiger partial charge in [0.25, 0.3) is 0 Å². The van der Waals surface area contributed by atoms with E-state index in [1.807, 2.05) is 24.3 Å². The van der Waals surface area contributed by atoms with Gasteiger partial charge in [-0.05, 0) is 54.8 Å². The van der Waals surface area contributed by atoms with Crippen LogP contribution in [0.15, 0.2) is 48.5 Å². The third-order valence-electron chi connectivity index (χ3n) is 3.93. The molecule has 0 bridgehead atoms. The van der Waals surface area contributed by atoms with E-state index in [9.17, 15) is 17.6 Å². The van der Waals surface area contributed by atoms with Crippen molar-refractivity contribution in [3.8, 4) is 0 Å². The monoisotopic (exact) mass is 378 g/mol. The number of nitrogens with zero attached hydrogens (tertiary/aromatic N) is 1. The van der Waals surface area contributed by atoms with Gasteiger partial charge in [0.2, 0.25) is 15.9 Å². The van der Waals surface area contributed by atoms with Gasteiger partial charge in [0, 0.05) is 18.7 Å². The number of nitrogens with one attached hydrogen (secondary N) is 1. The first-order valence-electron chi connectivity index (χ1n) is 8.41. The van der Waals surface area contributed by atoms with Gasteiger partial charge in [-0.25, -0.2) is 12.8 Å². The van der Waals surface area contributed by atoms with Gasteiger partial charge in [-0.3, -0.25) is 9.10 Å². The highest BCUT2D eigenvalue weighted by molar-refractivity contribution is 7.92. The summed E-state index contributed by atoms with van der Waals surface area (Å²) in [7, 11) is -3.52. The molecule has 2 rings (SSSR count). The summed E-state index contributed by atoms with van der Waals surface area (Å²) >= 11 is 0. The zero-order valence-electron chi connectivity index (χ0n) is 14.9. The second-order valence-electron chi connectivity index (χ2n) is 6.01. The highest BCUT2D eigenvalue weighted by atomic mass is 32.2. The van der Waals surface area contributed by atoms with Crippen molar-refractivity contribution in [2.24, 2.45) is 0 Å². The average Bonchev–Trinajstić information content (AvgIpc) is 2.59. The van der Waals surface area contributed by atoms with Crippen molar-refractivity contribution in [1.82, 2.24) is 0 Å². The van der Waals surface area contributed by atoms with E-state index in [1.165, 1.54) is 34.1 Å². The third-order valence-corrected chi connectivity index (χ3v) is 5.12. The first-order chi connectivity index (χ1) is 12.3. The number of hydrogen-bond acceptors (Lipinski definition) is 3. The molecule has 2 aromatic rings. The molecule has 0 aliphatic carbocycles. The zero-order chi connectivity index (χ0) is 19.2. The second-order valence-corrected chi connectivity index (χ2v) is 7.92. The molecular formula is C19H23FN2O3S. The lowest BCUT2D eigenvalue weighted by Gasteiger charge is -2.22. The van der Waals surface area contributed by atoms with E-state index in [2.05, 4.69) is 12.2 Å². The summed E-state index contributed by atoms with van der Waals surface area (Å²) in [5.41, 5.74) is 2.28. The molecule has 26 heavy (non-hydrogen) atoms. The van der Waals surface area contributed by atoms with Gasteiger partial charge in [0.15, 0.2) is 0 Å². The van der Waals surface area contributed by atoms with Crippen LogP contribution in [0.3, 0.4) is 0 Å². The molecule has 2 aromatic carbocycles. The summed E-state index contributed by atoms with van der Waals surface area (Å²) in [6.45, 7) is 2.20. The lowest BCUT2D eigenvalue weighted by Crippen LogP contribution is -2.31. The maximum absolute atomic E-state index is 13.0. The van der Waals surface area contributed by atoms with E-state index >= 15 is 0 Å². The van der Waals surface area contributed by atoms with Crippen LogP contribution in [0.1, 0.15) is 25.3 Å². The Hall–Kier alpha value is -2.41. The van der Waals surface area contributed by atoms with Crippen LogP contribution in [0, 0.1) is 5.82 Å². The highest BCUT2D eigenvalue weighted by Crippen LogP contribution is 2.19. The highest BCUT2D eigenvalue weighted by Gasteiger charge is 2.17. The minimum Gasteiger partial charge on any atom is -0.326 e. The van der Waals surface area contributed by atoms with Crippen LogP contribution in [0.4, 0.5) is 15.8 Å². The van der Waals surface area contributed by atoms with Crippen molar-refractivity contribution in [1.29, 1.82) is 0 Å². The summed E-state index contributed by atoms with van der Waals surface area (Å²) < 4.78 is 38.2. The van der Waals surface area contributed by atoms with Crippen molar-refractivity contribution in [2.45, 2.75) is 26.2 Å². The van der Waals surface area contributed by atoms with Crippen molar-refractivity contribution < 1.29 is 17.6 Å². The molecule has 0 saturated heterocycles. The Morgan fingerprint density at radius 1 is 1.08 bits per heavy atom. The summed E-state index contributed by atoms with van der Waals surface area (Å²) in [4.78, 5) is 12.1. The molecular weight excluding hydrogens is 355 g/mol. The number of amides is 1. The van der Waals surface area contributed by atoms with E-state index in [0.717, 1.165) is 12.7 Å². The van der Waals surface area contributed by atoms with Crippen LogP contribution < -0.4 is 9.62 Å². The Morgan fingerprint density at radius 2 is 1.69 bits per heavy atom. The Morgan fingerprint density at radius 3 is 2.23 bits per heavy atom. The second kappa shape index (κ2) is 8.80. The number of carbonyl (C=O) groups is 1. The molecule has 0 radical (unpaired) electrons. The zero-order valence-corrected chi connectivity index (χ0v) is 15.7. The number of rotatable bonds is 8. The quantitative estimate of drug-likeness (QED) is 0.764. The number of anilines is 2. The van der Waals surface area contributed by atoms with E-state index in [1.54, 1.807) is 0 Å². The molecule has 0 aromatic heterocycles. The summed E-state index contributed by atoms with van der Waals surface area (Å²) in [5, 5.41) is 2.80. The van der Waals surface area contributed by atoms with Crippen molar-refractivity contribution in [3.63, 3.8) is 0 Å². The SMILES string of the molecule is CCc1ccc(NC(=O)CCCN(c2ccc(F)cc2)S(C)(=O)=O)cc1. The lowest BCUT2D eigenvalue weighted by molar-refractivity contribution is -0.116. The maximum Gasteiger partial charge on any atom is 0.232 e. The standard InChI is InChI=1S/C19H23FN2O3S/c1-3-15-6-10-17(11-7-15)21-19(23)5-4-14-22(26(2,24)25)18-12-8-16(20)9-13-18/h6-13H,3-5,14H2,1-2H3,(H,21,23). The van der Waals surface area contributed by atoms with Crippen LogP contribution in [-0.4, -0.2) is 27.1 Å². The molecule has 1 amide bonds. The minimum atomic E-state index is -3.52. The first kappa shape index (κ1) is 19.9. The molecule has 0 saturated carbocycles. The molecule has 140 valence electrons. The summed E-state index contributed by atoms with van der Waals surface area (Å²) in [6, 6.07) is 12.8. The average molecular weight is 378 g/mol. The van der Waals surface area contributed by atoms with Crippen LogP contribution in [0.2, 0.25) is 0 Å². The first-order valence-corrected chi connectivity index (χ1v) is 10.3. The topological polar surface area (TPSA) is 66.5 Å². The van der Waals surface area contributed by atoms with Crippen LogP contribution >= 0.6 is 0 Å². The van der Waals surface area contributed by atoms with Crippen molar-refractivity contribution >= 4 is 27.3 Å². The molecule has 0 heterocycles. The molecule has 7 heteroatoms. The van der Waals surface area contributed by atoms with Gasteiger partial charge in [0.05, 0.1) is 11.9 Å². The smallest absolute Gasteiger partial charge is 0.232 e. The predicted molar refractivity (Wildman–Crippen MR) is 102 cm³/mol. The van der Waals surface area contributed by atoms with E-state index < -0.39 is 15.8 Å². The largest absolute Gasteiger partial charge is 0.326 e. The molecule has 0 unspecified atom stereocenters. The minimum absolute atomic E-state index is 0.145. The van der Waals surface area contributed by atoms with Gasteiger partial charge >= 0.3 is 0 Å². The number of aryl methyl sites for hydroxylation is 1. The fraction of sp³-hybridized carbons (Fsp3) is 0.316. The molecule has 0 aliphatic heterocycles. The van der Waals surface area contributed by atoms with E-state index in [4.69, 9.17) is 0 Å². The number of hydrogen-bond donors (Lipinski definition) is 1. The van der Waals surface area contributed by atoms with E-state index in [-0.39, 0.29) is 18.9 Å². The molecule has 0 atom stereocenters. The third kappa shape index (κ3) is 5.84.